The molecule has 0 atom stereocenters. The minimum atomic E-state index is -0.0761. The highest BCUT2D eigenvalue weighted by atomic mass is 16.5. The number of nitrogens with zero attached hydrogens (tertiary/aromatic N) is 2. The maximum atomic E-state index is 12.3. The Balaban J connectivity index is 1.42. The van der Waals surface area contributed by atoms with Crippen molar-refractivity contribution in [2.45, 2.75) is 13.8 Å². The predicted octanol–water partition coefficient (Wildman–Crippen LogP) is 4.91. The number of aliphatic imine (C=N–C) groups is 1. The van der Waals surface area contributed by atoms with Gasteiger partial charge in [-0.15, -0.1) is 0 Å². The first kappa shape index (κ1) is 19.6. The van der Waals surface area contributed by atoms with Gasteiger partial charge in [0, 0.05) is 35.9 Å². The first-order valence-corrected chi connectivity index (χ1v) is 9.83. The summed E-state index contributed by atoms with van der Waals surface area (Å²) in [5, 5.41) is 1.15. The molecule has 0 saturated heterocycles. The molecule has 0 spiro atoms. The van der Waals surface area contributed by atoms with E-state index < -0.39 is 0 Å². The molecule has 0 fully saturated rings. The maximum Gasteiger partial charge on any atom is 0.191 e. The van der Waals surface area contributed by atoms with Gasteiger partial charge in [-0.3, -0.25) is 14.8 Å². The van der Waals surface area contributed by atoms with E-state index in [2.05, 4.69) is 27.1 Å². The van der Waals surface area contributed by atoms with Crippen molar-refractivity contribution in [2.75, 3.05) is 13.2 Å². The van der Waals surface area contributed by atoms with Gasteiger partial charge in [0.25, 0.3) is 0 Å². The van der Waals surface area contributed by atoms with Crippen molar-refractivity contribution in [1.29, 1.82) is 0 Å². The molecule has 2 aromatic carbocycles. The number of carbonyl (C=O) groups is 1. The summed E-state index contributed by atoms with van der Waals surface area (Å²) in [5.74, 6) is 0.647. The summed E-state index contributed by atoms with van der Waals surface area (Å²) in [6, 6.07) is 16.0. The van der Waals surface area contributed by atoms with Gasteiger partial charge in [-0.05, 0) is 71.8 Å². The third-order valence-electron chi connectivity index (χ3n) is 4.87. The number of benzene rings is 2. The number of aryl methyl sites for hydroxylation is 2. The number of H-pyrrole nitrogens is 1. The SMILES string of the molecule is Cc1cc(C)c(OCC(=O)CN=Cc2ccc3cc[nH]c3c2)c(-c2ccncc2)c1. The van der Waals surface area contributed by atoms with Crippen LogP contribution in [0.15, 0.2) is 72.1 Å². The predicted molar refractivity (Wildman–Crippen MR) is 120 cm³/mol. The van der Waals surface area contributed by atoms with Gasteiger partial charge in [0.2, 0.25) is 0 Å². The number of aromatic amines is 1. The second-order valence-corrected chi connectivity index (χ2v) is 7.32. The lowest BCUT2D eigenvalue weighted by atomic mass is 10.00. The molecule has 4 rings (SSSR count). The van der Waals surface area contributed by atoms with E-state index in [0.717, 1.165) is 44.5 Å². The molecule has 150 valence electrons. The summed E-state index contributed by atoms with van der Waals surface area (Å²) in [4.78, 5) is 23.9. The van der Waals surface area contributed by atoms with E-state index in [1.807, 2.05) is 56.4 Å². The number of pyridine rings is 1. The van der Waals surface area contributed by atoms with Crippen LogP contribution in [0.5, 0.6) is 5.75 Å². The lowest BCUT2D eigenvalue weighted by Crippen LogP contribution is -2.15. The van der Waals surface area contributed by atoms with Crippen molar-refractivity contribution < 1.29 is 9.53 Å². The van der Waals surface area contributed by atoms with Gasteiger partial charge in [0.15, 0.2) is 5.78 Å². The molecular formula is C25H23N3O2. The Labute approximate surface area is 175 Å². The van der Waals surface area contributed by atoms with Crippen molar-refractivity contribution >= 4 is 22.9 Å². The van der Waals surface area contributed by atoms with Gasteiger partial charge in [0.1, 0.15) is 18.9 Å². The molecule has 2 heterocycles. The summed E-state index contributed by atoms with van der Waals surface area (Å²) in [6.07, 6.45) is 7.12. The number of hydrogen-bond acceptors (Lipinski definition) is 4. The minimum Gasteiger partial charge on any atom is -0.485 e. The zero-order chi connectivity index (χ0) is 20.9. The number of carbonyl (C=O) groups excluding carboxylic acids is 1. The molecular weight excluding hydrogens is 374 g/mol. The van der Waals surface area contributed by atoms with E-state index in [1.54, 1.807) is 18.6 Å². The fraction of sp³-hybridized carbons (Fsp3) is 0.160. The Morgan fingerprint density at radius 2 is 1.93 bits per heavy atom. The topological polar surface area (TPSA) is 67.3 Å². The number of aromatic nitrogens is 2. The van der Waals surface area contributed by atoms with Crippen LogP contribution in [0.25, 0.3) is 22.0 Å². The average Bonchev–Trinajstić information content (AvgIpc) is 3.21. The van der Waals surface area contributed by atoms with Gasteiger partial charge >= 0.3 is 0 Å². The Kier molecular flexibility index (Phi) is 5.70. The van der Waals surface area contributed by atoms with Crippen LogP contribution in [-0.4, -0.2) is 35.1 Å². The molecule has 0 radical (unpaired) electrons. The van der Waals surface area contributed by atoms with E-state index in [1.165, 1.54) is 0 Å². The lowest BCUT2D eigenvalue weighted by molar-refractivity contribution is -0.119. The average molecular weight is 397 g/mol. The van der Waals surface area contributed by atoms with Gasteiger partial charge in [-0.1, -0.05) is 18.2 Å². The highest BCUT2D eigenvalue weighted by molar-refractivity contribution is 5.90. The summed E-state index contributed by atoms with van der Waals surface area (Å²) in [5.41, 5.74) is 6.11. The van der Waals surface area contributed by atoms with E-state index in [4.69, 9.17) is 4.74 Å². The number of ether oxygens (including phenoxy) is 1. The fourth-order valence-electron chi connectivity index (χ4n) is 3.49. The third kappa shape index (κ3) is 4.46. The Morgan fingerprint density at radius 1 is 1.10 bits per heavy atom. The van der Waals surface area contributed by atoms with Crippen LogP contribution in [0, 0.1) is 13.8 Å². The smallest absolute Gasteiger partial charge is 0.191 e. The number of nitrogens with one attached hydrogen (secondary N) is 1. The van der Waals surface area contributed by atoms with Gasteiger partial charge in [-0.2, -0.15) is 0 Å². The molecule has 1 N–H and O–H groups in total. The van der Waals surface area contributed by atoms with Gasteiger partial charge in [0.05, 0.1) is 0 Å². The van der Waals surface area contributed by atoms with Gasteiger partial charge < -0.3 is 9.72 Å². The summed E-state index contributed by atoms with van der Waals surface area (Å²) < 4.78 is 5.94. The molecule has 0 bridgehead atoms. The normalized spacial score (nSPS) is 11.3. The van der Waals surface area contributed by atoms with E-state index in [0.29, 0.717) is 0 Å². The Hall–Kier alpha value is -3.73. The van der Waals surface area contributed by atoms with Crippen molar-refractivity contribution in [3.63, 3.8) is 0 Å². The second kappa shape index (κ2) is 8.74. The highest BCUT2D eigenvalue weighted by Crippen LogP contribution is 2.34. The van der Waals surface area contributed by atoms with Crippen molar-refractivity contribution in [1.82, 2.24) is 9.97 Å². The van der Waals surface area contributed by atoms with Crippen molar-refractivity contribution in [3.8, 4) is 16.9 Å². The zero-order valence-electron chi connectivity index (χ0n) is 17.1. The molecule has 4 aromatic rings. The first-order chi connectivity index (χ1) is 14.6. The first-order valence-electron chi connectivity index (χ1n) is 9.83. The van der Waals surface area contributed by atoms with E-state index in [-0.39, 0.29) is 18.9 Å². The summed E-state index contributed by atoms with van der Waals surface area (Å²) >= 11 is 0. The summed E-state index contributed by atoms with van der Waals surface area (Å²) in [6.45, 7) is 4.10. The Bertz CT molecular complexity index is 1210. The minimum absolute atomic E-state index is 0.0189. The monoisotopic (exact) mass is 397 g/mol. The third-order valence-corrected chi connectivity index (χ3v) is 4.87. The molecule has 0 amide bonds. The Morgan fingerprint density at radius 3 is 2.77 bits per heavy atom. The maximum absolute atomic E-state index is 12.3. The van der Waals surface area contributed by atoms with Crippen molar-refractivity contribution in [3.05, 3.63) is 83.8 Å². The molecule has 5 heteroatoms. The number of ketones is 1. The van der Waals surface area contributed by atoms with Crippen LogP contribution in [0.1, 0.15) is 16.7 Å². The highest BCUT2D eigenvalue weighted by Gasteiger charge is 2.12. The number of Topliss-reactive ketones (excluding diaryl/α,β-unsaturated/α-hetero) is 1. The summed E-state index contributed by atoms with van der Waals surface area (Å²) in [7, 11) is 0. The van der Waals surface area contributed by atoms with Crippen LogP contribution < -0.4 is 4.74 Å². The largest absolute Gasteiger partial charge is 0.485 e. The number of hydrogen-bond donors (Lipinski definition) is 1. The van der Waals surface area contributed by atoms with Crippen LogP contribution in [-0.2, 0) is 4.79 Å². The zero-order valence-corrected chi connectivity index (χ0v) is 17.1. The van der Waals surface area contributed by atoms with Crippen LogP contribution in [0.3, 0.4) is 0 Å². The molecule has 0 aliphatic rings. The second-order valence-electron chi connectivity index (χ2n) is 7.32. The lowest BCUT2D eigenvalue weighted by Gasteiger charge is -2.15. The number of fused-ring (bicyclic) bond motifs is 1. The molecule has 0 aliphatic heterocycles. The molecule has 0 unspecified atom stereocenters. The fourth-order valence-corrected chi connectivity index (χ4v) is 3.49. The standard InChI is InChI=1S/C25H23N3O2/c1-17-11-18(2)25(23(12-17)20-5-8-26-9-6-20)30-16-22(29)15-27-14-19-3-4-21-7-10-28-24(21)13-19/h3-14,28H,15-16H2,1-2H3. The van der Waals surface area contributed by atoms with Crippen LogP contribution >= 0.6 is 0 Å². The van der Waals surface area contributed by atoms with E-state index in [9.17, 15) is 4.79 Å². The quantitative estimate of drug-likeness (QED) is 0.450. The molecule has 2 aromatic heterocycles. The molecule has 0 aliphatic carbocycles. The van der Waals surface area contributed by atoms with Gasteiger partial charge in [-0.25, -0.2) is 0 Å². The van der Waals surface area contributed by atoms with Crippen LogP contribution in [0.2, 0.25) is 0 Å². The molecule has 5 nitrogen and oxygen atoms in total. The molecule has 30 heavy (non-hydrogen) atoms. The van der Waals surface area contributed by atoms with Crippen LogP contribution in [0.4, 0.5) is 0 Å². The van der Waals surface area contributed by atoms with E-state index >= 15 is 0 Å². The van der Waals surface area contributed by atoms with Crippen molar-refractivity contribution in [2.24, 2.45) is 4.99 Å². The number of rotatable bonds is 7. The molecule has 0 saturated carbocycles.